The van der Waals surface area contributed by atoms with Crippen molar-refractivity contribution in [2.24, 2.45) is 45.8 Å². The number of rotatable bonds is 5. The molecule has 7 atom stereocenters. The molecule has 25 heavy (non-hydrogen) atoms. The Balaban J connectivity index is 1.32. The number of fused-ring (bicyclic) bond motifs is 1. The van der Waals surface area contributed by atoms with Gasteiger partial charge in [-0.2, -0.15) is 0 Å². The van der Waals surface area contributed by atoms with Crippen LogP contribution in [0.15, 0.2) is 0 Å². The van der Waals surface area contributed by atoms with Crippen LogP contribution in [0.1, 0.15) is 111 Å². The summed E-state index contributed by atoms with van der Waals surface area (Å²) in [5.41, 5.74) is 2.46. The van der Waals surface area contributed by atoms with Crippen LogP contribution in [0.5, 0.6) is 0 Å². The van der Waals surface area contributed by atoms with E-state index in [2.05, 4.69) is 20.8 Å². The van der Waals surface area contributed by atoms with Crippen LogP contribution in [0.25, 0.3) is 0 Å². The van der Waals surface area contributed by atoms with Gasteiger partial charge in [-0.15, -0.1) is 0 Å². The summed E-state index contributed by atoms with van der Waals surface area (Å²) in [6.07, 6.45) is 22.0. The van der Waals surface area contributed by atoms with Crippen LogP contribution in [0.2, 0.25) is 0 Å². The maximum absolute atomic E-state index is 2.77. The maximum Gasteiger partial charge on any atom is -0.0168 e. The molecule has 5 aliphatic rings. The molecule has 0 bridgehead atoms. The lowest BCUT2D eigenvalue weighted by molar-refractivity contribution is 0.0303. The summed E-state index contributed by atoms with van der Waals surface area (Å²) in [6, 6.07) is 0. The highest BCUT2D eigenvalue weighted by Crippen LogP contribution is 2.91. The quantitative estimate of drug-likeness (QED) is 0.451. The smallest absolute Gasteiger partial charge is 0.0168 e. The summed E-state index contributed by atoms with van der Waals surface area (Å²) in [7, 11) is 0. The lowest BCUT2D eigenvalue weighted by Crippen LogP contribution is -2.38. The van der Waals surface area contributed by atoms with Crippen molar-refractivity contribution in [2.75, 3.05) is 0 Å². The molecule has 5 rings (SSSR count). The molecule has 0 heteroatoms. The molecule has 7 unspecified atom stereocenters. The van der Waals surface area contributed by atoms with Crippen molar-refractivity contribution in [3.05, 3.63) is 0 Å². The van der Waals surface area contributed by atoms with E-state index in [9.17, 15) is 0 Å². The fourth-order valence-electron chi connectivity index (χ4n) is 9.97. The minimum absolute atomic E-state index is 0.726. The van der Waals surface area contributed by atoms with E-state index in [4.69, 9.17) is 0 Å². The van der Waals surface area contributed by atoms with Crippen molar-refractivity contribution >= 4 is 0 Å². The monoisotopic (exact) mass is 342 g/mol. The van der Waals surface area contributed by atoms with Crippen molar-refractivity contribution < 1.29 is 0 Å². The average molecular weight is 343 g/mol. The van der Waals surface area contributed by atoms with E-state index < -0.39 is 0 Å². The molecule has 0 N–H and O–H groups in total. The van der Waals surface area contributed by atoms with E-state index in [1.807, 2.05) is 0 Å². The Bertz CT molecular complexity index is 520. The molecule has 2 spiro atoms. The van der Waals surface area contributed by atoms with Gasteiger partial charge < -0.3 is 0 Å². The third-order valence-electron chi connectivity index (χ3n) is 10.8. The van der Waals surface area contributed by atoms with Crippen molar-refractivity contribution in [1.29, 1.82) is 0 Å². The number of hydrogen-bond donors (Lipinski definition) is 0. The molecule has 0 aromatic heterocycles. The highest BCUT2D eigenvalue weighted by Gasteiger charge is 2.85. The molecule has 5 aliphatic carbocycles. The summed E-state index contributed by atoms with van der Waals surface area (Å²) in [4.78, 5) is 0. The minimum atomic E-state index is 0.726. The molecule has 0 heterocycles. The molecular formula is C25H42. The number of hydrogen-bond acceptors (Lipinski definition) is 0. The Kier molecular flexibility index (Phi) is 3.94. The van der Waals surface area contributed by atoms with Gasteiger partial charge in [-0.3, -0.25) is 0 Å². The van der Waals surface area contributed by atoms with Gasteiger partial charge in [-0.25, -0.2) is 0 Å². The van der Waals surface area contributed by atoms with Crippen LogP contribution < -0.4 is 0 Å². The molecule has 142 valence electrons. The van der Waals surface area contributed by atoms with E-state index in [1.54, 1.807) is 70.6 Å². The fraction of sp³-hybridized carbons (Fsp3) is 1.00. The molecule has 0 radical (unpaired) electrons. The van der Waals surface area contributed by atoms with Crippen LogP contribution in [-0.4, -0.2) is 0 Å². The van der Waals surface area contributed by atoms with Crippen LogP contribution in [0.4, 0.5) is 0 Å². The average Bonchev–Trinajstić information content (AvgIpc) is 2.86. The van der Waals surface area contributed by atoms with E-state index in [-0.39, 0.29) is 0 Å². The van der Waals surface area contributed by atoms with Gasteiger partial charge in [0, 0.05) is 0 Å². The van der Waals surface area contributed by atoms with E-state index in [1.165, 1.54) is 25.2 Å². The zero-order chi connectivity index (χ0) is 17.3. The number of unbranched alkanes of at least 4 members (excludes halogenated alkanes) is 1. The SMILES string of the molecule is CC(C)CCCCC1CCC2C1(C)CCC1C34CCCCC3CCC214. The molecule has 5 saturated carbocycles. The molecular weight excluding hydrogens is 300 g/mol. The van der Waals surface area contributed by atoms with Gasteiger partial charge in [-0.1, -0.05) is 52.9 Å². The van der Waals surface area contributed by atoms with Gasteiger partial charge in [0.2, 0.25) is 0 Å². The Morgan fingerprint density at radius 2 is 1.68 bits per heavy atom. The second kappa shape index (κ2) is 5.75. The van der Waals surface area contributed by atoms with Gasteiger partial charge in [0.25, 0.3) is 0 Å². The zero-order valence-corrected chi connectivity index (χ0v) is 17.3. The van der Waals surface area contributed by atoms with Gasteiger partial charge in [0.05, 0.1) is 0 Å². The molecule has 0 aliphatic heterocycles. The second-order valence-corrected chi connectivity index (χ2v) is 11.7. The first kappa shape index (κ1) is 17.1. The first-order valence-corrected chi connectivity index (χ1v) is 12.1. The Hall–Kier alpha value is 0. The summed E-state index contributed by atoms with van der Waals surface area (Å²) in [5, 5.41) is 0. The highest BCUT2D eigenvalue weighted by atomic mass is 14.9. The van der Waals surface area contributed by atoms with Crippen LogP contribution in [0, 0.1) is 45.8 Å². The van der Waals surface area contributed by atoms with Gasteiger partial charge in [-0.05, 0) is 104 Å². The minimum Gasteiger partial charge on any atom is -0.0628 e. The molecule has 0 nitrogen and oxygen atoms in total. The summed E-state index contributed by atoms with van der Waals surface area (Å²) in [6.45, 7) is 7.55. The predicted molar refractivity (Wildman–Crippen MR) is 106 cm³/mol. The topological polar surface area (TPSA) is 0 Å². The van der Waals surface area contributed by atoms with Crippen LogP contribution >= 0.6 is 0 Å². The van der Waals surface area contributed by atoms with Crippen LogP contribution in [0.3, 0.4) is 0 Å². The third kappa shape index (κ3) is 2.07. The Labute approximate surface area is 156 Å². The third-order valence-corrected chi connectivity index (χ3v) is 10.8. The summed E-state index contributed by atoms with van der Waals surface area (Å²) < 4.78 is 0. The van der Waals surface area contributed by atoms with Crippen molar-refractivity contribution in [2.45, 2.75) is 111 Å². The van der Waals surface area contributed by atoms with Crippen molar-refractivity contribution in [1.82, 2.24) is 0 Å². The van der Waals surface area contributed by atoms with Gasteiger partial charge >= 0.3 is 0 Å². The van der Waals surface area contributed by atoms with E-state index in [0.717, 1.165) is 39.9 Å². The van der Waals surface area contributed by atoms with Gasteiger partial charge in [0.15, 0.2) is 0 Å². The van der Waals surface area contributed by atoms with Crippen molar-refractivity contribution in [3.63, 3.8) is 0 Å². The highest BCUT2D eigenvalue weighted by molar-refractivity contribution is 5.33. The second-order valence-electron chi connectivity index (χ2n) is 11.7. The standard InChI is InChI=1S/C25H42/c1-18(2)8-4-5-9-19-11-12-21-23(19,3)16-14-22-24-15-7-6-10-20(24)13-17-25(21,22)24/h18-22H,4-17H2,1-3H3. The Morgan fingerprint density at radius 3 is 2.52 bits per heavy atom. The summed E-state index contributed by atoms with van der Waals surface area (Å²) >= 11 is 0. The van der Waals surface area contributed by atoms with Gasteiger partial charge in [0.1, 0.15) is 0 Å². The molecule has 0 aromatic carbocycles. The fourth-order valence-corrected chi connectivity index (χ4v) is 9.97. The van der Waals surface area contributed by atoms with E-state index in [0.29, 0.717) is 0 Å². The molecule has 0 saturated heterocycles. The normalized spacial score (nSPS) is 53.3. The predicted octanol–water partition coefficient (Wildman–Crippen LogP) is 7.62. The maximum atomic E-state index is 2.77. The summed E-state index contributed by atoms with van der Waals surface area (Å²) in [5.74, 6) is 5.42. The van der Waals surface area contributed by atoms with Crippen LogP contribution in [-0.2, 0) is 0 Å². The lowest BCUT2D eigenvalue weighted by Gasteiger charge is -2.45. The molecule has 0 aromatic rings. The first-order valence-electron chi connectivity index (χ1n) is 12.1. The lowest BCUT2D eigenvalue weighted by atomic mass is 9.59. The Morgan fingerprint density at radius 1 is 0.800 bits per heavy atom. The molecule has 5 fully saturated rings. The van der Waals surface area contributed by atoms with Crippen molar-refractivity contribution in [3.8, 4) is 0 Å². The molecule has 0 amide bonds. The first-order chi connectivity index (χ1) is 12.1. The largest absolute Gasteiger partial charge is 0.0628 e. The zero-order valence-electron chi connectivity index (χ0n) is 17.3. The van der Waals surface area contributed by atoms with E-state index >= 15 is 0 Å².